The molecule has 1 unspecified atom stereocenters. The highest BCUT2D eigenvalue weighted by atomic mass is 16.3. The molecule has 3 nitrogen and oxygen atoms in total. The van der Waals surface area contributed by atoms with Crippen molar-refractivity contribution < 1.29 is 9.52 Å². The molecule has 1 fully saturated rings. The number of nitrogens with zero attached hydrogens (tertiary/aromatic N) is 1. The summed E-state index contributed by atoms with van der Waals surface area (Å²) >= 11 is 0. The van der Waals surface area contributed by atoms with Gasteiger partial charge in [0.2, 0.25) is 0 Å². The van der Waals surface area contributed by atoms with Crippen LogP contribution in [0.5, 0.6) is 0 Å². The molecule has 1 atom stereocenters. The molecule has 1 aromatic heterocycles. The van der Waals surface area contributed by atoms with Gasteiger partial charge in [-0.05, 0) is 62.7 Å². The molecule has 0 amide bonds. The molecule has 4 rings (SSSR count). The van der Waals surface area contributed by atoms with Crippen LogP contribution in [0.1, 0.15) is 43.2 Å². The molecule has 2 aromatic rings. The third-order valence-electron chi connectivity index (χ3n) is 5.84. The highest BCUT2D eigenvalue weighted by molar-refractivity contribution is 5.81. The predicted octanol–water partition coefficient (Wildman–Crippen LogP) is 3.48. The predicted molar refractivity (Wildman–Crippen MR) is 88.2 cm³/mol. The molecule has 0 aliphatic heterocycles. The van der Waals surface area contributed by atoms with Crippen LogP contribution in [0, 0.1) is 0 Å². The lowest BCUT2D eigenvalue weighted by Gasteiger charge is -2.57. The van der Waals surface area contributed by atoms with Gasteiger partial charge in [-0.15, -0.1) is 0 Å². The summed E-state index contributed by atoms with van der Waals surface area (Å²) in [6.45, 7) is 0.905. The van der Waals surface area contributed by atoms with Crippen LogP contribution >= 0.6 is 0 Å². The maximum Gasteiger partial charge on any atom is 0.134 e. The molecule has 3 heteroatoms. The zero-order valence-electron chi connectivity index (χ0n) is 13.6. The lowest BCUT2D eigenvalue weighted by atomic mass is 9.52. The van der Waals surface area contributed by atoms with Crippen molar-refractivity contribution in [3.05, 3.63) is 35.6 Å². The fourth-order valence-electron chi connectivity index (χ4n) is 4.82. The van der Waals surface area contributed by atoms with Crippen LogP contribution in [-0.2, 0) is 11.8 Å². The maximum atomic E-state index is 11.5. The van der Waals surface area contributed by atoms with E-state index >= 15 is 0 Å². The summed E-state index contributed by atoms with van der Waals surface area (Å²) in [6.07, 6.45) is 8.13. The van der Waals surface area contributed by atoms with Crippen LogP contribution in [0.15, 0.2) is 28.9 Å². The number of aliphatic hydroxyl groups is 1. The average molecular weight is 299 g/mol. The number of furan rings is 1. The SMILES string of the molecule is CN(C)CC1(C2(O)CCCCC2)Cc2cc3ccoc3cc21. The number of likely N-dealkylation sites (N-methyl/N-ethyl adjacent to an activating group) is 1. The van der Waals surface area contributed by atoms with E-state index in [9.17, 15) is 5.11 Å². The molecule has 1 N–H and O–H groups in total. The largest absolute Gasteiger partial charge is 0.464 e. The van der Waals surface area contributed by atoms with Gasteiger partial charge in [0.05, 0.1) is 11.9 Å². The van der Waals surface area contributed by atoms with Crippen LogP contribution in [0.25, 0.3) is 11.0 Å². The smallest absolute Gasteiger partial charge is 0.134 e. The van der Waals surface area contributed by atoms with Gasteiger partial charge in [0.25, 0.3) is 0 Å². The molecule has 2 aliphatic rings. The van der Waals surface area contributed by atoms with E-state index in [0.29, 0.717) is 0 Å². The van der Waals surface area contributed by atoms with Crippen LogP contribution in [0.4, 0.5) is 0 Å². The van der Waals surface area contributed by atoms with Gasteiger partial charge in [-0.1, -0.05) is 19.3 Å². The van der Waals surface area contributed by atoms with E-state index < -0.39 is 5.60 Å². The topological polar surface area (TPSA) is 36.6 Å². The molecule has 22 heavy (non-hydrogen) atoms. The Labute approximate surface area is 131 Å². The fraction of sp³-hybridized carbons (Fsp3) is 0.579. The Morgan fingerprint density at radius 3 is 2.68 bits per heavy atom. The summed E-state index contributed by atoms with van der Waals surface area (Å²) in [5, 5.41) is 12.7. The van der Waals surface area contributed by atoms with Gasteiger partial charge in [0.1, 0.15) is 5.58 Å². The number of hydrogen-bond acceptors (Lipinski definition) is 3. The van der Waals surface area contributed by atoms with Crippen LogP contribution in [0.3, 0.4) is 0 Å². The molecule has 1 heterocycles. The Kier molecular flexibility index (Phi) is 3.14. The molecule has 118 valence electrons. The van der Waals surface area contributed by atoms with Crippen molar-refractivity contribution in [1.82, 2.24) is 4.90 Å². The minimum Gasteiger partial charge on any atom is -0.464 e. The van der Waals surface area contributed by atoms with E-state index in [1.54, 1.807) is 6.26 Å². The Bertz CT molecular complexity index is 697. The van der Waals surface area contributed by atoms with Crippen LogP contribution in [0.2, 0.25) is 0 Å². The van der Waals surface area contributed by atoms with E-state index in [1.165, 1.54) is 22.9 Å². The summed E-state index contributed by atoms with van der Waals surface area (Å²) in [6, 6.07) is 6.45. The number of benzene rings is 1. The Morgan fingerprint density at radius 2 is 1.95 bits per heavy atom. The second-order valence-corrected chi connectivity index (χ2v) is 7.56. The summed E-state index contributed by atoms with van der Waals surface area (Å²) in [7, 11) is 4.22. The Morgan fingerprint density at radius 1 is 1.18 bits per heavy atom. The van der Waals surface area contributed by atoms with Crippen molar-refractivity contribution in [1.29, 1.82) is 0 Å². The molecule has 1 aromatic carbocycles. The highest BCUT2D eigenvalue weighted by Gasteiger charge is 2.57. The minimum atomic E-state index is -0.567. The maximum absolute atomic E-state index is 11.5. The summed E-state index contributed by atoms with van der Waals surface area (Å²) in [5.74, 6) is 0. The zero-order valence-corrected chi connectivity index (χ0v) is 13.6. The third kappa shape index (κ3) is 1.88. The molecule has 2 aliphatic carbocycles. The molecule has 1 saturated carbocycles. The second-order valence-electron chi connectivity index (χ2n) is 7.56. The summed E-state index contributed by atoms with van der Waals surface area (Å²) < 4.78 is 5.61. The first kappa shape index (κ1) is 14.3. The van der Waals surface area contributed by atoms with Crippen molar-refractivity contribution in [3.63, 3.8) is 0 Å². The molecule has 0 saturated heterocycles. The molecule has 0 bridgehead atoms. The van der Waals surface area contributed by atoms with Gasteiger partial charge in [-0.3, -0.25) is 0 Å². The van der Waals surface area contributed by atoms with Gasteiger partial charge in [-0.2, -0.15) is 0 Å². The van der Waals surface area contributed by atoms with Crippen molar-refractivity contribution in [2.75, 3.05) is 20.6 Å². The Hall–Kier alpha value is -1.32. The van der Waals surface area contributed by atoms with E-state index in [0.717, 1.165) is 44.2 Å². The molecular formula is C19H25NO2. The van der Waals surface area contributed by atoms with Gasteiger partial charge in [-0.25, -0.2) is 0 Å². The van der Waals surface area contributed by atoms with Gasteiger partial charge in [0.15, 0.2) is 0 Å². The Balaban J connectivity index is 1.82. The molecule has 0 radical (unpaired) electrons. The van der Waals surface area contributed by atoms with Crippen LogP contribution < -0.4 is 0 Å². The standard InChI is InChI=1S/C19H25NO2/c1-20(2)13-18(19(21)7-4-3-5-8-19)12-15-10-14-6-9-22-17(14)11-16(15)18/h6,9-11,21H,3-5,7-8,12-13H2,1-2H3. The highest BCUT2D eigenvalue weighted by Crippen LogP contribution is 2.54. The number of rotatable bonds is 3. The van der Waals surface area contributed by atoms with Crippen LogP contribution in [-0.4, -0.2) is 36.2 Å². The molecule has 0 spiro atoms. The van der Waals surface area contributed by atoms with E-state index in [1.807, 2.05) is 6.07 Å². The lowest BCUT2D eigenvalue weighted by molar-refractivity contribution is -0.0868. The van der Waals surface area contributed by atoms with Crippen molar-refractivity contribution in [3.8, 4) is 0 Å². The second kappa shape index (κ2) is 4.84. The van der Waals surface area contributed by atoms with E-state index in [2.05, 4.69) is 31.1 Å². The van der Waals surface area contributed by atoms with Gasteiger partial charge >= 0.3 is 0 Å². The lowest BCUT2D eigenvalue weighted by Crippen LogP contribution is -2.63. The van der Waals surface area contributed by atoms with E-state index in [-0.39, 0.29) is 5.41 Å². The number of fused-ring (bicyclic) bond motifs is 2. The first-order valence-electron chi connectivity index (χ1n) is 8.42. The van der Waals surface area contributed by atoms with Gasteiger partial charge < -0.3 is 14.4 Å². The summed E-state index contributed by atoms with van der Waals surface area (Å²) in [5.41, 5.74) is 2.94. The quantitative estimate of drug-likeness (QED) is 0.942. The first-order valence-corrected chi connectivity index (χ1v) is 8.42. The van der Waals surface area contributed by atoms with E-state index in [4.69, 9.17) is 4.42 Å². The van der Waals surface area contributed by atoms with Crippen molar-refractivity contribution >= 4 is 11.0 Å². The van der Waals surface area contributed by atoms with Gasteiger partial charge in [0, 0.05) is 17.3 Å². The number of hydrogen-bond donors (Lipinski definition) is 1. The average Bonchev–Trinajstić information content (AvgIpc) is 2.92. The van der Waals surface area contributed by atoms with Crippen molar-refractivity contribution in [2.24, 2.45) is 0 Å². The fourth-order valence-corrected chi connectivity index (χ4v) is 4.82. The minimum absolute atomic E-state index is 0.132. The third-order valence-corrected chi connectivity index (χ3v) is 5.84. The normalized spacial score (nSPS) is 26.9. The summed E-state index contributed by atoms with van der Waals surface area (Å²) in [4.78, 5) is 2.22. The molecular weight excluding hydrogens is 274 g/mol. The zero-order chi connectivity index (χ0) is 15.4. The monoisotopic (exact) mass is 299 g/mol. The van der Waals surface area contributed by atoms with Crippen molar-refractivity contribution in [2.45, 2.75) is 49.5 Å². The first-order chi connectivity index (χ1) is 10.5.